The van der Waals surface area contributed by atoms with Gasteiger partial charge in [-0.2, -0.15) is 0 Å². The van der Waals surface area contributed by atoms with Crippen LogP contribution in [0, 0.1) is 20.2 Å². The van der Waals surface area contributed by atoms with Crippen molar-refractivity contribution < 1.29 is 28.5 Å². The lowest BCUT2D eigenvalue weighted by Crippen LogP contribution is -2.14. The molecule has 0 bridgehead atoms. The minimum atomic E-state index is -4.95. The number of nitro benzene ring substituents is 2. The summed E-state index contributed by atoms with van der Waals surface area (Å²) in [5, 5.41) is 21.0. The smallest absolute Gasteiger partial charge is 0.336 e. The normalized spacial score (nSPS) is 13.7. The maximum atomic E-state index is 10.9. The van der Waals surface area contributed by atoms with Crippen LogP contribution in [0.4, 0.5) is 11.4 Å². The molecule has 0 aliphatic heterocycles. The SMILES string of the molecule is NOP(=O)([O-])Oc1ccc([N+](=O)[O-])cc1[N+](=O)[O-]. The van der Waals surface area contributed by atoms with E-state index in [9.17, 15) is 29.7 Å². The van der Waals surface area contributed by atoms with Crippen LogP contribution < -0.4 is 15.3 Å². The van der Waals surface area contributed by atoms with Crippen molar-refractivity contribution in [2.75, 3.05) is 0 Å². The summed E-state index contributed by atoms with van der Waals surface area (Å²) in [7, 11) is -4.95. The van der Waals surface area contributed by atoms with E-state index in [0.29, 0.717) is 6.07 Å². The lowest BCUT2D eigenvalue weighted by atomic mass is 10.2. The Morgan fingerprint density at radius 1 is 1.22 bits per heavy atom. The molecule has 0 saturated carbocycles. The number of phosphoric ester groups is 1. The average molecular weight is 278 g/mol. The van der Waals surface area contributed by atoms with Crippen LogP contribution in [0.1, 0.15) is 0 Å². The molecule has 0 spiro atoms. The van der Waals surface area contributed by atoms with E-state index >= 15 is 0 Å². The van der Waals surface area contributed by atoms with Crippen molar-refractivity contribution in [3.8, 4) is 5.75 Å². The zero-order valence-electron chi connectivity index (χ0n) is 8.42. The van der Waals surface area contributed by atoms with Crippen molar-refractivity contribution in [3.63, 3.8) is 0 Å². The molecule has 0 amide bonds. The van der Waals surface area contributed by atoms with E-state index in [1.807, 2.05) is 0 Å². The van der Waals surface area contributed by atoms with E-state index in [1.165, 1.54) is 0 Å². The number of phosphoric acid groups is 1. The summed E-state index contributed by atoms with van der Waals surface area (Å²) in [5.74, 6) is 3.64. The van der Waals surface area contributed by atoms with Gasteiger partial charge in [-0.1, -0.05) is 0 Å². The number of non-ortho nitro benzene ring substituents is 1. The van der Waals surface area contributed by atoms with E-state index in [0.717, 1.165) is 12.1 Å². The summed E-state index contributed by atoms with van der Waals surface area (Å²) in [6.45, 7) is 0. The zero-order valence-corrected chi connectivity index (χ0v) is 9.31. The first-order valence-electron chi connectivity index (χ1n) is 4.09. The van der Waals surface area contributed by atoms with E-state index in [1.54, 1.807) is 0 Å². The summed E-state index contributed by atoms with van der Waals surface area (Å²) >= 11 is 0. The van der Waals surface area contributed by atoms with Crippen LogP contribution in [0.15, 0.2) is 18.2 Å². The second-order valence-electron chi connectivity index (χ2n) is 2.81. The number of nitro groups is 2. The topological polar surface area (TPSA) is 171 Å². The van der Waals surface area contributed by atoms with Crippen LogP contribution in [0.25, 0.3) is 0 Å². The van der Waals surface area contributed by atoms with Crippen molar-refractivity contribution in [1.29, 1.82) is 0 Å². The third-order valence-electron chi connectivity index (χ3n) is 1.69. The molecule has 1 unspecified atom stereocenters. The quantitative estimate of drug-likeness (QED) is 0.449. The van der Waals surface area contributed by atoms with Gasteiger partial charge in [0, 0.05) is 6.07 Å². The van der Waals surface area contributed by atoms with Crippen molar-refractivity contribution in [2.24, 2.45) is 5.90 Å². The van der Waals surface area contributed by atoms with Gasteiger partial charge in [0.25, 0.3) is 5.69 Å². The Labute approximate surface area is 98.6 Å². The monoisotopic (exact) mass is 278 g/mol. The fraction of sp³-hybridized carbons (Fsp3) is 0. The summed E-state index contributed by atoms with van der Waals surface area (Å²) in [5.41, 5.74) is -1.50. The highest BCUT2D eigenvalue weighted by molar-refractivity contribution is 7.46. The highest BCUT2D eigenvalue weighted by Gasteiger charge is 2.23. The molecule has 0 aliphatic carbocycles. The Kier molecular flexibility index (Phi) is 3.93. The van der Waals surface area contributed by atoms with Crippen LogP contribution in [-0.4, -0.2) is 9.85 Å². The third-order valence-corrected chi connectivity index (χ3v) is 2.37. The van der Waals surface area contributed by atoms with Crippen LogP contribution in [0.3, 0.4) is 0 Å². The van der Waals surface area contributed by atoms with Gasteiger partial charge in [0.1, 0.15) is 0 Å². The first kappa shape index (κ1) is 14.0. The maximum absolute atomic E-state index is 10.9. The molecule has 1 aromatic rings. The zero-order chi connectivity index (χ0) is 13.9. The number of rotatable bonds is 5. The van der Waals surface area contributed by atoms with Crippen molar-refractivity contribution in [1.82, 2.24) is 0 Å². The summed E-state index contributed by atoms with van der Waals surface area (Å²) < 4.78 is 18.5. The van der Waals surface area contributed by atoms with Crippen LogP contribution in [-0.2, 0) is 9.19 Å². The summed E-state index contributed by atoms with van der Waals surface area (Å²) in [6.07, 6.45) is 0. The Morgan fingerprint density at radius 2 is 1.83 bits per heavy atom. The lowest BCUT2D eigenvalue weighted by molar-refractivity contribution is -0.394. The number of nitrogens with two attached hydrogens (primary N) is 1. The first-order chi connectivity index (χ1) is 8.26. The number of hydrogen-bond acceptors (Lipinski definition) is 9. The minimum absolute atomic E-state index is 0.547. The number of hydrogen-bond donors (Lipinski definition) is 1. The van der Waals surface area contributed by atoms with Gasteiger partial charge in [0.2, 0.25) is 5.75 Å². The molecule has 0 heterocycles. The highest BCUT2D eigenvalue weighted by atomic mass is 31.2. The first-order valence-corrected chi connectivity index (χ1v) is 5.55. The largest absolute Gasteiger partial charge is 0.745 e. The molecule has 12 heteroatoms. The van der Waals surface area contributed by atoms with Gasteiger partial charge >= 0.3 is 13.5 Å². The molecule has 0 aliphatic rings. The van der Waals surface area contributed by atoms with E-state index in [-0.39, 0.29) is 0 Å². The third kappa shape index (κ3) is 3.21. The maximum Gasteiger partial charge on any atom is 0.336 e. The second-order valence-corrected chi connectivity index (χ2v) is 4.10. The average Bonchev–Trinajstić information content (AvgIpc) is 2.28. The lowest BCUT2D eigenvalue weighted by Gasteiger charge is -2.19. The second kappa shape index (κ2) is 5.06. The van der Waals surface area contributed by atoms with Gasteiger partial charge in [-0.15, -0.1) is 0 Å². The van der Waals surface area contributed by atoms with Gasteiger partial charge in [-0.05, 0) is 6.07 Å². The van der Waals surface area contributed by atoms with E-state index < -0.39 is 34.8 Å². The summed E-state index contributed by atoms with van der Waals surface area (Å²) in [4.78, 5) is 30.0. The summed E-state index contributed by atoms with van der Waals surface area (Å²) in [6, 6.07) is 2.13. The highest BCUT2D eigenvalue weighted by Crippen LogP contribution is 2.42. The van der Waals surface area contributed by atoms with Gasteiger partial charge < -0.3 is 9.42 Å². The van der Waals surface area contributed by atoms with Crippen LogP contribution in [0.5, 0.6) is 5.75 Å². The predicted molar refractivity (Wildman–Crippen MR) is 53.3 cm³/mol. The number of benzene rings is 1. The molecule has 1 aromatic carbocycles. The molecule has 0 radical (unpaired) electrons. The molecular weight excluding hydrogens is 273 g/mol. The molecule has 2 N–H and O–H groups in total. The fourth-order valence-corrected chi connectivity index (χ4v) is 1.42. The Bertz CT molecular complexity index is 546. The molecule has 0 fully saturated rings. The molecule has 1 rings (SSSR count). The van der Waals surface area contributed by atoms with Gasteiger partial charge in [-0.3, -0.25) is 24.8 Å². The molecule has 98 valence electrons. The van der Waals surface area contributed by atoms with E-state index in [2.05, 4.69) is 15.0 Å². The van der Waals surface area contributed by atoms with Crippen molar-refractivity contribution in [2.45, 2.75) is 0 Å². The van der Waals surface area contributed by atoms with Crippen molar-refractivity contribution >= 4 is 19.2 Å². The van der Waals surface area contributed by atoms with Crippen molar-refractivity contribution in [3.05, 3.63) is 38.4 Å². The van der Waals surface area contributed by atoms with E-state index in [4.69, 9.17) is 0 Å². The Balaban J connectivity index is 3.24. The van der Waals surface area contributed by atoms with Crippen LogP contribution in [0.2, 0.25) is 0 Å². The molecule has 11 nitrogen and oxygen atoms in total. The molecule has 18 heavy (non-hydrogen) atoms. The van der Waals surface area contributed by atoms with Gasteiger partial charge in [0.05, 0.1) is 15.9 Å². The molecule has 0 saturated heterocycles. The van der Waals surface area contributed by atoms with Gasteiger partial charge in [0.15, 0.2) is 0 Å². The fourth-order valence-electron chi connectivity index (χ4n) is 0.981. The Hall–Kier alpha value is -2.07. The molecular formula is C6H5N3O8P-. The predicted octanol–water partition coefficient (Wildman–Crippen LogP) is 0.240. The number of nitrogens with zero attached hydrogens (tertiary/aromatic N) is 2. The van der Waals surface area contributed by atoms with Crippen LogP contribution >= 0.6 is 7.82 Å². The van der Waals surface area contributed by atoms with Gasteiger partial charge in [-0.25, -0.2) is 10.5 Å². The standard InChI is InChI=1S/C6H6N3O8P/c7-17-18(14,15)16-6-2-1-4(8(10)11)3-5(6)9(12)13/h1-3H,7H2,(H,14,15)/p-1. The molecule has 0 aromatic heterocycles. The Morgan fingerprint density at radius 3 is 2.28 bits per heavy atom. The minimum Gasteiger partial charge on any atom is -0.745 e. The molecule has 1 atom stereocenters.